The zero-order valence-corrected chi connectivity index (χ0v) is 9.10. The van der Waals surface area contributed by atoms with E-state index in [0.717, 1.165) is 11.8 Å². The largest absolute Gasteiger partial charge is 0.414 e. The normalized spacial score (nSPS) is 11.9. The Morgan fingerprint density at radius 2 is 2.29 bits per heavy atom. The van der Waals surface area contributed by atoms with Crippen LogP contribution >= 0.6 is 24.2 Å². The summed E-state index contributed by atoms with van der Waals surface area (Å²) < 4.78 is 5.10. The maximum absolute atomic E-state index is 10.4. The van der Waals surface area contributed by atoms with Crippen molar-refractivity contribution < 1.29 is 9.21 Å². The Kier molecular flexibility index (Phi) is 5.51. The van der Waals surface area contributed by atoms with Gasteiger partial charge >= 0.3 is 0 Å². The van der Waals surface area contributed by atoms with Gasteiger partial charge in [-0.15, -0.1) is 22.6 Å². The van der Waals surface area contributed by atoms with Crippen LogP contribution in [0.3, 0.4) is 0 Å². The molecule has 1 aromatic heterocycles. The summed E-state index contributed by atoms with van der Waals surface area (Å²) in [4.78, 5) is 10.4. The zero-order chi connectivity index (χ0) is 9.84. The van der Waals surface area contributed by atoms with E-state index in [2.05, 4.69) is 10.2 Å². The first-order valence-corrected chi connectivity index (χ1v) is 4.58. The van der Waals surface area contributed by atoms with Crippen LogP contribution in [-0.4, -0.2) is 21.9 Å². The minimum atomic E-state index is -0.425. The van der Waals surface area contributed by atoms with Gasteiger partial charge in [0.15, 0.2) is 0 Å². The van der Waals surface area contributed by atoms with Crippen molar-refractivity contribution in [1.29, 1.82) is 0 Å². The molecule has 8 heteroatoms. The number of nitrogens with zero attached hydrogens (tertiary/aromatic N) is 2. The molecule has 1 rings (SSSR count). The highest BCUT2D eigenvalue weighted by molar-refractivity contribution is 7.99. The molecule has 4 N–H and O–H groups in total. The molecular weight excluding hydrogens is 228 g/mol. The second-order valence-corrected chi connectivity index (χ2v) is 3.38. The summed E-state index contributed by atoms with van der Waals surface area (Å²) in [5.41, 5.74) is 10.4. The Morgan fingerprint density at radius 1 is 1.64 bits per heavy atom. The number of amides is 1. The molecule has 0 aromatic carbocycles. The van der Waals surface area contributed by atoms with Gasteiger partial charge in [-0.3, -0.25) is 4.79 Å². The van der Waals surface area contributed by atoms with Gasteiger partial charge in [-0.1, -0.05) is 11.8 Å². The maximum Gasteiger partial charge on any atom is 0.277 e. The SMILES string of the molecule is C[C@H](N)c1nnc(SCC(N)=O)o1.Cl. The minimum Gasteiger partial charge on any atom is -0.414 e. The van der Waals surface area contributed by atoms with Crippen LogP contribution in [0.5, 0.6) is 0 Å². The van der Waals surface area contributed by atoms with E-state index >= 15 is 0 Å². The summed E-state index contributed by atoms with van der Waals surface area (Å²) in [6.07, 6.45) is 0. The topological polar surface area (TPSA) is 108 Å². The lowest BCUT2D eigenvalue weighted by Gasteiger charge is -1.94. The molecule has 0 aliphatic rings. The second kappa shape index (κ2) is 5.84. The molecule has 1 atom stereocenters. The number of carbonyl (C=O) groups is 1. The molecule has 0 radical (unpaired) electrons. The molecule has 1 heterocycles. The Hall–Kier alpha value is -0.790. The lowest BCUT2D eigenvalue weighted by atomic mass is 10.4. The smallest absolute Gasteiger partial charge is 0.277 e. The summed E-state index contributed by atoms with van der Waals surface area (Å²) in [5, 5.41) is 7.66. The molecule has 0 spiro atoms. The Labute approximate surface area is 91.2 Å². The molecule has 0 saturated heterocycles. The van der Waals surface area contributed by atoms with Gasteiger partial charge in [0.25, 0.3) is 5.22 Å². The minimum absolute atomic E-state index is 0. The quantitative estimate of drug-likeness (QED) is 0.720. The first kappa shape index (κ1) is 13.2. The maximum atomic E-state index is 10.4. The average molecular weight is 239 g/mol. The van der Waals surface area contributed by atoms with Crippen LogP contribution in [0.1, 0.15) is 18.9 Å². The fourth-order valence-corrected chi connectivity index (χ4v) is 1.10. The summed E-state index contributed by atoms with van der Waals surface area (Å²) in [6.45, 7) is 1.73. The summed E-state index contributed by atoms with van der Waals surface area (Å²) >= 11 is 1.10. The average Bonchev–Trinajstić information content (AvgIpc) is 2.48. The molecule has 0 bridgehead atoms. The van der Waals surface area contributed by atoms with Crippen molar-refractivity contribution in [2.45, 2.75) is 18.2 Å². The van der Waals surface area contributed by atoms with Crippen molar-refractivity contribution in [3.63, 3.8) is 0 Å². The van der Waals surface area contributed by atoms with E-state index in [1.54, 1.807) is 6.92 Å². The number of thioether (sulfide) groups is 1. The molecule has 14 heavy (non-hydrogen) atoms. The number of aromatic nitrogens is 2. The van der Waals surface area contributed by atoms with Crippen LogP contribution in [0.2, 0.25) is 0 Å². The molecule has 0 saturated carbocycles. The number of hydrogen-bond acceptors (Lipinski definition) is 6. The van der Waals surface area contributed by atoms with E-state index in [-0.39, 0.29) is 24.2 Å². The van der Waals surface area contributed by atoms with E-state index in [9.17, 15) is 4.79 Å². The molecule has 1 aromatic rings. The number of primary amides is 1. The molecule has 0 fully saturated rings. The Morgan fingerprint density at radius 3 is 2.71 bits per heavy atom. The van der Waals surface area contributed by atoms with Gasteiger partial charge < -0.3 is 15.9 Å². The van der Waals surface area contributed by atoms with Crippen LogP contribution < -0.4 is 11.5 Å². The van der Waals surface area contributed by atoms with Crippen molar-refractivity contribution in [1.82, 2.24) is 10.2 Å². The Bertz CT molecular complexity index is 304. The predicted octanol–water partition coefficient (Wildman–Crippen LogP) is 0.0885. The van der Waals surface area contributed by atoms with Crippen molar-refractivity contribution in [3.8, 4) is 0 Å². The highest BCUT2D eigenvalue weighted by atomic mass is 35.5. The van der Waals surface area contributed by atoms with E-state index in [0.29, 0.717) is 11.1 Å². The van der Waals surface area contributed by atoms with Gasteiger partial charge in [0.1, 0.15) is 0 Å². The van der Waals surface area contributed by atoms with Gasteiger partial charge in [-0.2, -0.15) is 0 Å². The van der Waals surface area contributed by atoms with E-state index in [4.69, 9.17) is 15.9 Å². The van der Waals surface area contributed by atoms with Crippen LogP contribution in [0.4, 0.5) is 0 Å². The third-order valence-electron chi connectivity index (χ3n) is 1.15. The summed E-state index contributed by atoms with van der Waals surface area (Å²) in [5.74, 6) is 0.0538. The van der Waals surface area contributed by atoms with Crippen molar-refractivity contribution in [3.05, 3.63) is 5.89 Å². The van der Waals surface area contributed by atoms with Gasteiger partial charge in [0.05, 0.1) is 11.8 Å². The molecule has 0 aliphatic heterocycles. The molecule has 0 unspecified atom stereocenters. The van der Waals surface area contributed by atoms with E-state index < -0.39 is 5.91 Å². The third-order valence-corrected chi connectivity index (χ3v) is 1.99. The first-order valence-electron chi connectivity index (χ1n) is 3.59. The van der Waals surface area contributed by atoms with Crippen LogP contribution in [0.15, 0.2) is 9.64 Å². The second-order valence-electron chi connectivity index (χ2n) is 2.45. The molecule has 80 valence electrons. The lowest BCUT2D eigenvalue weighted by molar-refractivity contribution is -0.115. The van der Waals surface area contributed by atoms with Crippen LogP contribution in [0, 0.1) is 0 Å². The van der Waals surface area contributed by atoms with Crippen molar-refractivity contribution >= 4 is 30.1 Å². The number of halogens is 1. The first-order chi connectivity index (χ1) is 6.09. The third kappa shape index (κ3) is 3.95. The monoisotopic (exact) mass is 238 g/mol. The molecular formula is C6H11ClN4O2S. The molecule has 0 aliphatic carbocycles. The van der Waals surface area contributed by atoms with Crippen molar-refractivity contribution in [2.24, 2.45) is 11.5 Å². The number of nitrogens with two attached hydrogens (primary N) is 2. The van der Waals surface area contributed by atoms with Crippen molar-refractivity contribution in [2.75, 3.05) is 5.75 Å². The van der Waals surface area contributed by atoms with Gasteiger partial charge in [-0.05, 0) is 6.92 Å². The predicted molar refractivity (Wildman–Crippen MR) is 54.1 cm³/mol. The summed E-state index contributed by atoms with van der Waals surface area (Å²) in [6, 6.07) is -0.296. The van der Waals surface area contributed by atoms with Crippen LogP contribution in [0.25, 0.3) is 0 Å². The molecule has 1 amide bonds. The van der Waals surface area contributed by atoms with E-state index in [1.165, 1.54) is 0 Å². The van der Waals surface area contributed by atoms with E-state index in [1.807, 2.05) is 0 Å². The van der Waals surface area contributed by atoms with Crippen LogP contribution in [-0.2, 0) is 4.79 Å². The zero-order valence-electron chi connectivity index (χ0n) is 7.47. The van der Waals surface area contributed by atoms with Gasteiger partial charge in [-0.25, -0.2) is 0 Å². The van der Waals surface area contributed by atoms with Gasteiger partial charge in [0, 0.05) is 0 Å². The Balaban J connectivity index is 0.00000169. The van der Waals surface area contributed by atoms with Gasteiger partial charge in [0.2, 0.25) is 11.8 Å². The fourth-order valence-electron chi connectivity index (χ4n) is 0.596. The highest BCUT2D eigenvalue weighted by Gasteiger charge is 2.10. The fraction of sp³-hybridized carbons (Fsp3) is 0.500. The number of carbonyl (C=O) groups excluding carboxylic acids is 1. The lowest BCUT2D eigenvalue weighted by Crippen LogP contribution is -2.12. The number of rotatable bonds is 4. The molecule has 6 nitrogen and oxygen atoms in total. The number of hydrogen-bond donors (Lipinski definition) is 2. The highest BCUT2D eigenvalue weighted by Crippen LogP contribution is 2.17. The standard InChI is InChI=1S/C6H10N4O2S.ClH/c1-3(7)5-9-10-6(12-5)13-2-4(8)11;/h3H,2,7H2,1H3,(H2,8,11);1H/t3-;/m0./s1. The summed E-state index contributed by atoms with van der Waals surface area (Å²) in [7, 11) is 0.